The number of hydrazine groups is 1. The van der Waals surface area contributed by atoms with Crippen LogP contribution in [-0.2, 0) is 17.2 Å². The Morgan fingerprint density at radius 3 is 2.79 bits per heavy atom. The van der Waals surface area contributed by atoms with Gasteiger partial charge in [0.15, 0.2) is 17.2 Å². The van der Waals surface area contributed by atoms with Crippen molar-refractivity contribution >= 4 is 40.7 Å². The van der Waals surface area contributed by atoms with E-state index in [4.69, 9.17) is 32.0 Å². The van der Waals surface area contributed by atoms with Gasteiger partial charge in [-0.15, -0.1) is 0 Å². The molecular formula is C22H26ClN9O2. The monoisotopic (exact) mass is 483 g/mol. The first-order chi connectivity index (χ1) is 16.2. The van der Waals surface area contributed by atoms with Gasteiger partial charge >= 0.3 is 0 Å². The van der Waals surface area contributed by atoms with Crippen LogP contribution < -0.4 is 15.9 Å². The third-order valence-corrected chi connectivity index (χ3v) is 6.01. The number of nitrogens with one attached hydrogen (secondary N) is 1. The number of nitrogens with zero attached hydrogens (tertiary/aromatic N) is 7. The molecule has 3 N–H and O–H groups in total. The Morgan fingerprint density at radius 1 is 1.32 bits per heavy atom. The fourth-order valence-corrected chi connectivity index (χ4v) is 3.98. The lowest BCUT2D eigenvalue weighted by Gasteiger charge is -2.31. The van der Waals surface area contributed by atoms with Crippen molar-refractivity contribution < 1.29 is 9.47 Å². The molecule has 0 atom stereocenters. The molecule has 0 radical (unpaired) electrons. The molecule has 3 aromatic rings. The van der Waals surface area contributed by atoms with Crippen molar-refractivity contribution in [3.8, 4) is 5.75 Å². The van der Waals surface area contributed by atoms with Crippen LogP contribution in [0.5, 0.6) is 5.75 Å². The highest BCUT2D eigenvalue weighted by atomic mass is 35.5. The number of pyridine rings is 1. The molecule has 2 aliphatic heterocycles. The molecule has 0 unspecified atom stereocenters. The number of imidazole rings is 1. The van der Waals surface area contributed by atoms with E-state index in [1.54, 1.807) is 18.6 Å². The number of allylic oxidation sites excluding steroid dienone is 1. The van der Waals surface area contributed by atoms with Crippen molar-refractivity contribution in [1.82, 2.24) is 29.3 Å². The van der Waals surface area contributed by atoms with Gasteiger partial charge < -0.3 is 19.4 Å². The molecule has 1 fully saturated rings. The predicted molar refractivity (Wildman–Crippen MR) is 130 cm³/mol. The van der Waals surface area contributed by atoms with Gasteiger partial charge in [-0.25, -0.2) is 10.8 Å². The molecule has 5 heterocycles. The van der Waals surface area contributed by atoms with Crippen LogP contribution in [0.1, 0.15) is 32.5 Å². The summed E-state index contributed by atoms with van der Waals surface area (Å²) < 4.78 is 15.0. The maximum Gasteiger partial charge on any atom is 0.210 e. The minimum absolute atomic E-state index is 0.0710. The second-order valence-electron chi connectivity index (χ2n) is 9.17. The van der Waals surface area contributed by atoms with E-state index >= 15 is 0 Å². The molecule has 34 heavy (non-hydrogen) atoms. The van der Waals surface area contributed by atoms with Crippen LogP contribution >= 0.6 is 11.6 Å². The normalized spacial score (nSPS) is 17.6. The van der Waals surface area contributed by atoms with Gasteiger partial charge in [0.25, 0.3) is 0 Å². The number of nitrogens with two attached hydrogens (primary N) is 1. The third kappa shape index (κ3) is 4.02. The number of hydrogen-bond donors (Lipinski definition) is 2. The number of rotatable bonds is 5. The molecule has 0 spiro atoms. The number of aliphatic imine (C=N–C) groups is 1. The van der Waals surface area contributed by atoms with Crippen LogP contribution in [0, 0.1) is 0 Å². The number of fused-ring (bicyclic) bond motifs is 1. The fraction of sp³-hybridized carbons (Fsp3) is 0.364. The first-order valence-corrected chi connectivity index (χ1v) is 11.2. The van der Waals surface area contributed by atoms with Crippen LogP contribution in [0.25, 0.3) is 11.2 Å². The SMILES string of the molecule is Cn1c(Nc2cc(C(C)(C)C)n(C3COC3)n2)nc2ncc(O/C=C3\C=NC=CN3N)c(Cl)c21. The molecule has 2 aliphatic rings. The molecule has 3 aromatic heterocycles. The van der Waals surface area contributed by atoms with Crippen molar-refractivity contribution in [2.24, 2.45) is 17.9 Å². The zero-order valence-corrected chi connectivity index (χ0v) is 20.1. The topological polar surface area (TPSA) is 121 Å². The van der Waals surface area contributed by atoms with Gasteiger partial charge in [-0.05, 0) is 0 Å². The first kappa shape index (κ1) is 22.4. The predicted octanol–water partition coefficient (Wildman–Crippen LogP) is 3.38. The van der Waals surface area contributed by atoms with Crippen molar-refractivity contribution in [2.75, 3.05) is 18.5 Å². The van der Waals surface area contributed by atoms with Crippen molar-refractivity contribution in [1.29, 1.82) is 0 Å². The average Bonchev–Trinajstić information content (AvgIpc) is 3.29. The maximum atomic E-state index is 6.67. The lowest BCUT2D eigenvalue weighted by molar-refractivity contribution is -0.0306. The molecule has 5 rings (SSSR count). The Bertz CT molecular complexity index is 1330. The van der Waals surface area contributed by atoms with E-state index in [2.05, 4.69) is 41.0 Å². The Balaban J connectivity index is 1.44. The van der Waals surface area contributed by atoms with E-state index in [9.17, 15) is 0 Å². The van der Waals surface area contributed by atoms with Gasteiger partial charge in [0.2, 0.25) is 5.95 Å². The third-order valence-electron chi connectivity index (χ3n) is 5.64. The summed E-state index contributed by atoms with van der Waals surface area (Å²) in [5, 5.41) is 9.87. The van der Waals surface area contributed by atoms with Crippen LogP contribution in [0.4, 0.5) is 11.8 Å². The van der Waals surface area contributed by atoms with Crippen LogP contribution in [0.15, 0.2) is 41.6 Å². The summed E-state index contributed by atoms with van der Waals surface area (Å²) in [6, 6.07) is 2.29. The van der Waals surface area contributed by atoms with Gasteiger partial charge in [0.1, 0.15) is 22.5 Å². The zero-order valence-electron chi connectivity index (χ0n) is 19.4. The molecule has 0 aliphatic carbocycles. The quantitative estimate of drug-likeness (QED) is 0.418. The fourth-order valence-electron chi connectivity index (χ4n) is 3.68. The minimum atomic E-state index is -0.0710. The second kappa shape index (κ2) is 8.42. The summed E-state index contributed by atoms with van der Waals surface area (Å²) in [6.07, 6.45) is 7.75. The summed E-state index contributed by atoms with van der Waals surface area (Å²) in [5.41, 5.74) is 2.73. The number of anilines is 2. The van der Waals surface area contributed by atoms with Gasteiger partial charge in [0.05, 0.1) is 31.7 Å². The van der Waals surface area contributed by atoms with Crippen LogP contribution in [0.3, 0.4) is 0 Å². The summed E-state index contributed by atoms with van der Waals surface area (Å²) in [5.74, 6) is 7.49. The number of hydrogen-bond acceptors (Lipinski definition) is 9. The Kier molecular flexibility index (Phi) is 5.54. The standard InChI is InChI=1S/C22H26ClN9O2/c1-22(2,3)16-7-17(29-32(16)14-10-33-11-14)27-21-28-20-19(30(21)4)18(23)15(9-26-20)34-12-13-8-25-5-6-31(13)24/h5-9,12,14H,10-11,24H2,1-4H3,(H,26,27,28,29)/b13-12+. The molecule has 12 heteroatoms. The van der Waals surface area contributed by atoms with E-state index in [0.29, 0.717) is 52.6 Å². The molecule has 0 aromatic carbocycles. The Labute approximate surface area is 201 Å². The second-order valence-corrected chi connectivity index (χ2v) is 9.55. The molecule has 0 bridgehead atoms. The highest BCUT2D eigenvalue weighted by Gasteiger charge is 2.29. The Hall–Kier alpha value is -3.41. The lowest BCUT2D eigenvalue weighted by Crippen LogP contribution is -2.34. The lowest BCUT2D eigenvalue weighted by atomic mass is 9.91. The van der Waals surface area contributed by atoms with Crippen LogP contribution in [-0.4, -0.2) is 48.8 Å². The smallest absolute Gasteiger partial charge is 0.210 e. The van der Waals surface area contributed by atoms with Crippen molar-refractivity contribution in [3.05, 3.63) is 47.3 Å². The molecular weight excluding hydrogens is 458 g/mol. The van der Waals surface area contributed by atoms with E-state index in [1.807, 2.05) is 22.4 Å². The highest BCUT2D eigenvalue weighted by Crippen LogP contribution is 2.35. The number of aromatic nitrogens is 5. The summed E-state index contributed by atoms with van der Waals surface area (Å²) in [6.45, 7) is 7.83. The van der Waals surface area contributed by atoms with E-state index < -0.39 is 0 Å². The molecule has 1 saturated heterocycles. The van der Waals surface area contributed by atoms with Gasteiger partial charge in [-0.2, -0.15) is 10.1 Å². The molecule has 178 valence electrons. The number of halogens is 1. The van der Waals surface area contributed by atoms with Gasteiger partial charge in [-0.3, -0.25) is 14.7 Å². The summed E-state index contributed by atoms with van der Waals surface area (Å²) in [4.78, 5) is 13.1. The molecule has 0 amide bonds. The largest absolute Gasteiger partial charge is 0.459 e. The molecule has 11 nitrogen and oxygen atoms in total. The zero-order chi connectivity index (χ0) is 24.0. The highest BCUT2D eigenvalue weighted by molar-refractivity contribution is 6.36. The average molecular weight is 484 g/mol. The molecule has 0 saturated carbocycles. The summed E-state index contributed by atoms with van der Waals surface area (Å²) >= 11 is 6.67. The van der Waals surface area contributed by atoms with Crippen LogP contribution in [0.2, 0.25) is 5.02 Å². The first-order valence-electron chi connectivity index (χ1n) is 10.8. The number of ether oxygens (including phenoxy) is 2. The number of aryl methyl sites for hydroxylation is 1. The van der Waals surface area contributed by atoms with E-state index in [1.165, 1.54) is 17.5 Å². The Morgan fingerprint density at radius 2 is 2.12 bits per heavy atom. The van der Waals surface area contributed by atoms with Crippen molar-refractivity contribution in [2.45, 2.75) is 32.2 Å². The van der Waals surface area contributed by atoms with Crippen molar-refractivity contribution in [3.63, 3.8) is 0 Å². The van der Waals surface area contributed by atoms with Gasteiger partial charge in [-0.1, -0.05) is 32.4 Å². The minimum Gasteiger partial charge on any atom is -0.459 e. The van der Waals surface area contributed by atoms with E-state index in [-0.39, 0.29) is 11.5 Å². The van der Waals surface area contributed by atoms with E-state index in [0.717, 1.165) is 5.69 Å². The van der Waals surface area contributed by atoms with Gasteiger partial charge in [0, 0.05) is 36.6 Å². The summed E-state index contributed by atoms with van der Waals surface area (Å²) in [7, 11) is 1.86. The maximum absolute atomic E-state index is 6.67.